The van der Waals surface area contributed by atoms with E-state index in [2.05, 4.69) is 15.6 Å². The number of amides is 1. The number of aromatic nitrogens is 1. The number of carbonyl (C=O) groups excluding carboxylic acids is 1. The van der Waals surface area contributed by atoms with Gasteiger partial charge in [0.25, 0.3) is 5.91 Å². The Morgan fingerprint density at radius 2 is 2.41 bits per heavy atom. The van der Waals surface area contributed by atoms with Gasteiger partial charge in [-0.2, -0.15) is 0 Å². The number of nitrogens with one attached hydrogen (secondary N) is 2. The summed E-state index contributed by atoms with van der Waals surface area (Å²) in [6, 6.07) is 1.48. The van der Waals surface area contributed by atoms with Crippen LogP contribution in [0.25, 0.3) is 0 Å². The highest BCUT2D eigenvalue weighted by Gasteiger charge is 2.17. The Hall–Kier alpha value is -1.49. The van der Waals surface area contributed by atoms with E-state index in [0.29, 0.717) is 0 Å². The predicted octanol–water partition coefficient (Wildman–Crippen LogP) is 1.09. The molecule has 1 aromatic rings. The quantitative estimate of drug-likeness (QED) is 0.809. The lowest BCUT2D eigenvalue weighted by atomic mass is 10.1. The maximum atomic E-state index is 13.3. The Bertz CT molecular complexity index is 389. The van der Waals surface area contributed by atoms with Crippen LogP contribution < -0.4 is 10.6 Å². The van der Waals surface area contributed by atoms with Crippen LogP contribution >= 0.6 is 0 Å². The topological polar surface area (TPSA) is 54.0 Å². The molecule has 2 rings (SSSR count). The first-order chi connectivity index (χ1) is 8.27. The van der Waals surface area contributed by atoms with Gasteiger partial charge in [0.15, 0.2) is 5.82 Å². The Balaban J connectivity index is 1.98. The predicted molar refractivity (Wildman–Crippen MR) is 62.2 cm³/mol. The maximum absolute atomic E-state index is 13.3. The Kier molecular flexibility index (Phi) is 4.03. The summed E-state index contributed by atoms with van der Waals surface area (Å²) in [4.78, 5) is 15.5. The second kappa shape index (κ2) is 5.72. The molecular formula is C12H16FN3O. The SMILES string of the molecule is O=C(NC1CCCCNC1)c1ccncc1F. The van der Waals surface area contributed by atoms with Gasteiger partial charge in [-0.15, -0.1) is 0 Å². The van der Waals surface area contributed by atoms with Gasteiger partial charge in [-0.05, 0) is 25.5 Å². The Morgan fingerprint density at radius 1 is 1.53 bits per heavy atom. The van der Waals surface area contributed by atoms with Crippen molar-refractivity contribution in [3.8, 4) is 0 Å². The number of nitrogens with zero attached hydrogens (tertiary/aromatic N) is 1. The van der Waals surface area contributed by atoms with Crippen LogP contribution in [0.2, 0.25) is 0 Å². The molecule has 1 aliphatic heterocycles. The molecule has 0 bridgehead atoms. The van der Waals surface area contributed by atoms with Crippen LogP contribution in [0.1, 0.15) is 29.6 Å². The first kappa shape index (κ1) is 12.0. The van der Waals surface area contributed by atoms with E-state index in [4.69, 9.17) is 0 Å². The third-order valence-corrected chi connectivity index (χ3v) is 2.90. The van der Waals surface area contributed by atoms with Gasteiger partial charge in [0.05, 0.1) is 11.8 Å². The van der Waals surface area contributed by atoms with Crippen LogP contribution in [0.5, 0.6) is 0 Å². The van der Waals surface area contributed by atoms with Gasteiger partial charge >= 0.3 is 0 Å². The van der Waals surface area contributed by atoms with Crippen LogP contribution in [0, 0.1) is 5.82 Å². The lowest BCUT2D eigenvalue weighted by Gasteiger charge is -2.16. The number of halogens is 1. The molecule has 17 heavy (non-hydrogen) atoms. The molecule has 5 heteroatoms. The van der Waals surface area contributed by atoms with E-state index >= 15 is 0 Å². The summed E-state index contributed by atoms with van der Waals surface area (Å²) < 4.78 is 13.3. The monoisotopic (exact) mass is 237 g/mol. The number of rotatable bonds is 2. The van der Waals surface area contributed by atoms with Crippen molar-refractivity contribution in [3.05, 3.63) is 29.8 Å². The largest absolute Gasteiger partial charge is 0.348 e. The fraction of sp³-hybridized carbons (Fsp3) is 0.500. The molecule has 0 saturated carbocycles. The number of hydrogen-bond donors (Lipinski definition) is 2. The normalized spacial score (nSPS) is 20.6. The molecule has 1 aromatic heterocycles. The van der Waals surface area contributed by atoms with Crippen molar-refractivity contribution in [2.45, 2.75) is 25.3 Å². The fourth-order valence-electron chi connectivity index (χ4n) is 1.96. The second-order valence-electron chi connectivity index (χ2n) is 4.23. The maximum Gasteiger partial charge on any atom is 0.254 e. The smallest absolute Gasteiger partial charge is 0.254 e. The zero-order chi connectivity index (χ0) is 12.1. The molecule has 92 valence electrons. The van der Waals surface area contributed by atoms with Crippen molar-refractivity contribution in [2.24, 2.45) is 0 Å². The molecule has 2 N–H and O–H groups in total. The van der Waals surface area contributed by atoms with Gasteiger partial charge < -0.3 is 10.6 Å². The summed E-state index contributed by atoms with van der Waals surface area (Å²) in [7, 11) is 0. The van der Waals surface area contributed by atoms with E-state index in [9.17, 15) is 9.18 Å². The van der Waals surface area contributed by atoms with E-state index in [1.165, 1.54) is 12.3 Å². The summed E-state index contributed by atoms with van der Waals surface area (Å²) in [6.07, 6.45) is 5.61. The molecular weight excluding hydrogens is 221 g/mol. The summed E-state index contributed by atoms with van der Waals surface area (Å²) in [5.41, 5.74) is 0.0595. The van der Waals surface area contributed by atoms with Gasteiger partial charge in [-0.3, -0.25) is 9.78 Å². The molecule has 1 aliphatic rings. The first-order valence-corrected chi connectivity index (χ1v) is 5.88. The van der Waals surface area contributed by atoms with Crippen LogP contribution in [0.4, 0.5) is 4.39 Å². The standard InChI is InChI=1S/C12H16FN3O/c13-11-8-15-6-4-10(11)12(17)16-9-3-1-2-5-14-7-9/h4,6,8-9,14H,1-3,5,7H2,(H,16,17). The molecule has 1 amide bonds. The van der Waals surface area contributed by atoms with Crippen molar-refractivity contribution in [1.82, 2.24) is 15.6 Å². The van der Waals surface area contributed by atoms with Crippen molar-refractivity contribution < 1.29 is 9.18 Å². The van der Waals surface area contributed by atoms with E-state index in [0.717, 1.165) is 38.5 Å². The zero-order valence-corrected chi connectivity index (χ0v) is 9.58. The molecule has 1 saturated heterocycles. The Labute approximate surface area is 99.6 Å². The molecule has 4 nitrogen and oxygen atoms in total. The lowest BCUT2D eigenvalue weighted by molar-refractivity contribution is 0.0931. The fourth-order valence-corrected chi connectivity index (χ4v) is 1.96. The van der Waals surface area contributed by atoms with Crippen LogP contribution in [0.3, 0.4) is 0 Å². The van der Waals surface area contributed by atoms with Crippen LogP contribution in [-0.4, -0.2) is 30.0 Å². The Morgan fingerprint density at radius 3 is 3.24 bits per heavy atom. The van der Waals surface area contributed by atoms with E-state index in [1.54, 1.807) is 0 Å². The highest BCUT2D eigenvalue weighted by Crippen LogP contribution is 2.08. The van der Waals surface area contributed by atoms with Gasteiger partial charge in [0, 0.05) is 18.8 Å². The summed E-state index contributed by atoms with van der Waals surface area (Å²) in [6.45, 7) is 1.73. The summed E-state index contributed by atoms with van der Waals surface area (Å²) >= 11 is 0. The van der Waals surface area contributed by atoms with E-state index < -0.39 is 5.82 Å². The average Bonchev–Trinajstić information content (AvgIpc) is 2.58. The van der Waals surface area contributed by atoms with Crippen LogP contribution in [0.15, 0.2) is 18.5 Å². The molecule has 1 unspecified atom stereocenters. The summed E-state index contributed by atoms with van der Waals surface area (Å²) in [5, 5.41) is 6.09. The van der Waals surface area contributed by atoms with E-state index in [-0.39, 0.29) is 17.5 Å². The highest BCUT2D eigenvalue weighted by molar-refractivity contribution is 5.94. The first-order valence-electron chi connectivity index (χ1n) is 5.88. The van der Waals surface area contributed by atoms with E-state index in [1.807, 2.05) is 0 Å². The minimum Gasteiger partial charge on any atom is -0.348 e. The lowest BCUT2D eigenvalue weighted by Crippen LogP contribution is -2.41. The van der Waals surface area contributed by atoms with Crippen LogP contribution in [-0.2, 0) is 0 Å². The molecule has 1 fully saturated rings. The number of hydrogen-bond acceptors (Lipinski definition) is 3. The molecule has 0 radical (unpaired) electrons. The van der Waals surface area contributed by atoms with Crippen molar-refractivity contribution in [3.63, 3.8) is 0 Å². The third-order valence-electron chi connectivity index (χ3n) is 2.90. The second-order valence-corrected chi connectivity index (χ2v) is 4.23. The van der Waals surface area contributed by atoms with Crippen molar-refractivity contribution in [1.29, 1.82) is 0 Å². The van der Waals surface area contributed by atoms with Gasteiger partial charge in [0.1, 0.15) is 0 Å². The number of pyridine rings is 1. The van der Waals surface area contributed by atoms with Crippen molar-refractivity contribution >= 4 is 5.91 Å². The molecule has 0 aliphatic carbocycles. The van der Waals surface area contributed by atoms with Gasteiger partial charge in [-0.25, -0.2) is 4.39 Å². The van der Waals surface area contributed by atoms with Gasteiger partial charge in [-0.1, -0.05) is 6.42 Å². The molecule has 2 heterocycles. The number of carbonyl (C=O) groups is 1. The molecule has 1 atom stereocenters. The third kappa shape index (κ3) is 3.23. The van der Waals surface area contributed by atoms with Gasteiger partial charge in [0.2, 0.25) is 0 Å². The molecule has 0 spiro atoms. The minimum absolute atomic E-state index is 0.0595. The zero-order valence-electron chi connectivity index (χ0n) is 9.58. The average molecular weight is 237 g/mol. The summed E-state index contributed by atoms with van der Waals surface area (Å²) in [5.74, 6) is -0.940. The minimum atomic E-state index is -0.577. The van der Waals surface area contributed by atoms with Crippen molar-refractivity contribution in [2.75, 3.05) is 13.1 Å². The highest BCUT2D eigenvalue weighted by atomic mass is 19.1. The molecule has 0 aromatic carbocycles.